The molecule has 0 unspecified atom stereocenters. The van der Waals surface area contributed by atoms with Gasteiger partial charge in [0.15, 0.2) is 11.8 Å². The summed E-state index contributed by atoms with van der Waals surface area (Å²) >= 11 is 0. The van der Waals surface area contributed by atoms with Crippen LogP contribution in [-0.4, -0.2) is 34.3 Å². The molecule has 2 N–H and O–H groups in total. The third kappa shape index (κ3) is 4.13. The van der Waals surface area contributed by atoms with Gasteiger partial charge in [0.05, 0.1) is 6.54 Å². The monoisotopic (exact) mass is 262 g/mol. The number of nitrogens with one attached hydrogen (secondary N) is 2. The number of aliphatic imine (C=N–C) groups is 1. The maximum absolute atomic E-state index is 5.01. The summed E-state index contributed by atoms with van der Waals surface area (Å²) in [5.74, 6) is 1.89. The van der Waals surface area contributed by atoms with Crippen molar-refractivity contribution in [3.63, 3.8) is 0 Å². The summed E-state index contributed by atoms with van der Waals surface area (Å²) in [5, 5.41) is 10.1. The lowest BCUT2D eigenvalue weighted by Crippen LogP contribution is -2.38. The molecule has 102 valence electrons. The first kappa shape index (κ1) is 13.1. The van der Waals surface area contributed by atoms with Crippen molar-refractivity contribution in [3.05, 3.63) is 36.2 Å². The van der Waals surface area contributed by atoms with E-state index in [1.54, 1.807) is 14.0 Å². The fourth-order valence-electron chi connectivity index (χ4n) is 1.61. The Labute approximate surface area is 111 Å². The second-order valence-corrected chi connectivity index (χ2v) is 4.01. The van der Waals surface area contributed by atoms with E-state index in [9.17, 15) is 0 Å². The molecule has 0 aromatic carbocycles. The van der Waals surface area contributed by atoms with Crippen LogP contribution in [0.4, 0.5) is 0 Å². The smallest absolute Gasteiger partial charge is 0.246 e. The predicted molar refractivity (Wildman–Crippen MR) is 71.7 cm³/mol. The molecule has 2 aromatic heterocycles. The van der Waals surface area contributed by atoms with Gasteiger partial charge in [-0.2, -0.15) is 4.98 Å². The lowest BCUT2D eigenvalue weighted by Gasteiger charge is -2.10. The number of nitrogens with zero attached hydrogens (tertiary/aromatic N) is 4. The van der Waals surface area contributed by atoms with Gasteiger partial charge < -0.3 is 19.7 Å². The molecule has 0 aliphatic carbocycles. The van der Waals surface area contributed by atoms with Gasteiger partial charge in [0, 0.05) is 32.5 Å². The maximum atomic E-state index is 5.01. The molecule has 2 aromatic rings. The Bertz CT molecular complexity index is 516. The van der Waals surface area contributed by atoms with E-state index in [2.05, 4.69) is 30.3 Å². The molecule has 0 aliphatic heterocycles. The summed E-state index contributed by atoms with van der Waals surface area (Å²) in [6.07, 6.45) is 4.05. The van der Waals surface area contributed by atoms with E-state index in [1.165, 1.54) is 0 Å². The second kappa shape index (κ2) is 6.58. The Balaban J connectivity index is 1.71. The topological polar surface area (TPSA) is 80.3 Å². The Morgan fingerprint density at radius 1 is 1.37 bits per heavy atom. The van der Waals surface area contributed by atoms with Crippen molar-refractivity contribution in [2.24, 2.45) is 4.99 Å². The average Bonchev–Trinajstić information content (AvgIpc) is 3.05. The van der Waals surface area contributed by atoms with Gasteiger partial charge in [-0.15, -0.1) is 0 Å². The molecule has 0 fully saturated rings. The molecule has 0 atom stereocenters. The van der Waals surface area contributed by atoms with Crippen LogP contribution in [0.1, 0.15) is 11.7 Å². The van der Waals surface area contributed by atoms with Crippen LogP contribution in [-0.2, 0) is 13.1 Å². The van der Waals surface area contributed by atoms with Crippen molar-refractivity contribution >= 4 is 5.96 Å². The van der Waals surface area contributed by atoms with E-state index in [1.807, 2.05) is 24.5 Å². The summed E-state index contributed by atoms with van der Waals surface area (Å²) < 4.78 is 7.11. The van der Waals surface area contributed by atoms with Crippen LogP contribution >= 0.6 is 0 Å². The van der Waals surface area contributed by atoms with Crippen molar-refractivity contribution in [2.45, 2.75) is 20.0 Å². The molecule has 19 heavy (non-hydrogen) atoms. The average molecular weight is 262 g/mol. The molecule has 0 saturated carbocycles. The van der Waals surface area contributed by atoms with Gasteiger partial charge in [0.25, 0.3) is 0 Å². The Hall–Kier alpha value is -2.31. The summed E-state index contributed by atoms with van der Waals surface area (Å²) in [7, 11) is 1.73. The summed E-state index contributed by atoms with van der Waals surface area (Å²) in [5.41, 5.74) is 0. The molecule has 0 saturated heterocycles. The van der Waals surface area contributed by atoms with Crippen molar-refractivity contribution in [1.29, 1.82) is 0 Å². The highest BCUT2D eigenvalue weighted by Gasteiger charge is 2.03. The molecule has 0 spiro atoms. The molecule has 0 amide bonds. The minimum atomic E-state index is 0.462. The van der Waals surface area contributed by atoms with Crippen molar-refractivity contribution in [2.75, 3.05) is 13.6 Å². The molecule has 2 heterocycles. The third-order valence-corrected chi connectivity index (χ3v) is 2.53. The SMILES string of the molecule is CN=C(NCCn1cccc1)NCc1nc(C)no1. The van der Waals surface area contributed by atoms with Crippen LogP contribution in [0.3, 0.4) is 0 Å². The largest absolute Gasteiger partial charge is 0.355 e. The maximum Gasteiger partial charge on any atom is 0.246 e. The zero-order valence-corrected chi connectivity index (χ0v) is 11.1. The van der Waals surface area contributed by atoms with E-state index in [0.717, 1.165) is 13.1 Å². The van der Waals surface area contributed by atoms with Crippen molar-refractivity contribution in [3.8, 4) is 0 Å². The van der Waals surface area contributed by atoms with Crippen LogP contribution in [0.5, 0.6) is 0 Å². The van der Waals surface area contributed by atoms with Gasteiger partial charge in [0.2, 0.25) is 5.89 Å². The fraction of sp³-hybridized carbons (Fsp3) is 0.417. The summed E-state index contributed by atoms with van der Waals surface area (Å²) in [6, 6.07) is 4.01. The van der Waals surface area contributed by atoms with Gasteiger partial charge in [-0.25, -0.2) is 0 Å². The predicted octanol–water partition coefficient (Wildman–Crippen LogP) is 0.545. The fourth-order valence-corrected chi connectivity index (χ4v) is 1.61. The van der Waals surface area contributed by atoms with Crippen LogP contribution in [0, 0.1) is 6.92 Å². The van der Waals surface area contributed by atoms with Crippen molar-refractivity contribution in [1.82, 2.24) is 25.3 Å². The quantitative estimate of drug-likeness (QED) is 0.607. The van der Waals surface area contributed by atoms with Gasteiger partial charge in [-0.1, -0.05) is 5.16 Å². The first-order chi connectivity index (χ1) is 9.28. The summed E-state index contributed by atoms with van der Waals surface area (Å²) in [4.78, 5) is 8.23. The highest BCUT2D eigenvalue weighted by Crippen LogP contribution is 1.94. The molecule has 7 nitrogen and oxygen atoms in total. The van der Waals surface area contributed by atoms with Crippen LogP contribution in [0.15, 0.2) is 34.0 Å². The van der Waals surface area contributed by atoms with E-state index in [0.29, 0.717) is 24.2 Å². The Morgan fingerprint density at radius 3 is 2.79 bits per heavy atom. The highest BCUT2D eigenvalue weighted by molar-refractivity contribution is 5.79. The first-order valence-electron chi connectivity index (χ1n) is 6.12. The van der Waals surface area contributed by atoms with Crippen LogP contribution in [0.25, 0.3) is 0 Å². The number of rotatable bonds is 5. The standard InChI is InChI=1S/C12H18N6O/c1-10-16-11(19-17-10)9-15-12(13-2)14-5-8-18-6-3-4-7-18/h3-4,6-7H,5,8-9H2,1-2H3,(H2,13,14,15). The lowest BCUT2D eigenvalue weighted by molar-refractivity contribution is 0.371. The van der Waals surface area contributed by atoms with Gasteiger partial charge in [-0.05, 0) is 19.1 Å². The number of hydrogen-bond acceptors (Lipinski definition) is 4. The number of aromatic nitrogens is 3. The van der Waals surface area contributed by atoms with E-state index >= 15 is 0 Å². The van der Waals surface area contributed by atoms with Crippen LogP contribution in [0.2, 0.25) is 0 Å². The molecular formula is C12H18N6O. The Kier molecular flexibility index (Phi) is 4.54. The van der Waals surface area contributed by atoms with Crippen LogP contribution < -0.4 is 10.6 Å². The van der Waals surface area contributed by atoms with Gasteiger partial charge in [0.1, 0.15) is 0 Å². The van der Waals surface area contributed by atoms with E-state index in [4.69, 9.17) is 4.52 Å². The number of hydrogen-bond donors (Lipinski definition) is 2. The van der Waals surface area contributed by atoms with E-state index in [-0.39, 0.29) is 0 Å². The second-order valence-electron chi connectivity index (χ2n) is 4.01. The Morgan fingerprint density at radius 2 is 2.16 bits per heavy atom. The minimum Gasteiger partial charge on any atom is -0.355 e. The summed E-state index contributed by atoms with van der Waals surface area (Å²) in [6.45, 7) is 3.92. The molecule has 0 aliphatic rings. The molecular weight excluding hydrogens is 244 g/mol. The zero-order chi connectivity index (χ0) is 13.5. The lowest BCUT2D eigenvalue weighted by atomic mass is 10.5. The first-order valence-corrected chi connectivity index (χ1v) is 6.12. The molecule has 2 rings (SSSR count). The molecule has 7 heteroatoms. The third-order valence-electron chi connectivity index (χ3n) is 2.53. The van der Waals surface area contributed by atoms with Gasteiger partial charge in [-0.3, -0.25) is 4.99 Å². The van der Waals surface area contributed by atoms with Crippen molar-refractivity contribution < 1.29 is 4.52 Å². The zero-order valence-electron chi connectivity index (χ0n) is 11.1. The normalized spacial score (nSPS) is 11.6. The highest BCUT2D eigenvalue weighted by atomic mass is 16.5. The number of guanidine groups is 1. The minimum absolute atomic E-state index is 0.462. The number of aryl methyl sites for hydroxylation is 1. The van der Waals surface area contributed by atoms with E-state index < -0.39 is 0 Å². The molecule has 0 bridgehead atoms. The molecule has 0 radical (unpaired) electrons. The van der Waals surface area contributed by atoms with Gasteiger partial charge >= 0.3 is 0 Å².